The third-order valence-corrected chi connectivity index (χ3v) is 6.53. The highest BCUT2D eigenvalue weighted by molar-refractivity contribution is 8.00. The van der Waals surface area contributed by atoms with Gasteiger partial charge in [-0.15, -0.1) is 11.8 Å². The molecule has 192 valence electrons. The van der Waals surface area contributed by atoms with E-state index in [2.05, 4.69) is 10.6 Å². The van der Waals surface area contributed by atoms with E-state index in [1.165, 1.54) is 49.9 Å². The Balaban J connectivity index is 1.55. The van der Waals surface area contributed by atoms with E-state index in [1.807, 2.05) is 0 Å². The summed E-state index contributed by atoms with van der Waals surface area (Å²) < 4.78 is 10.0. The van der Waals surface area contributed by atoms with Crippen molar-refractivity contribution in [2.45, 2.75) is 31.3 Å². The lowest BCUT2D eigenvalue weighted by molar-refractivity contribution is -0.385. The van der Waals surface area contributed by atoms with E-state index in [9.17, 15) is 39.2 Å². The molecular formula is C21H22N4O10S. The van der Waals surface area contributed by atoms with Gasteiger partial charge < -0.3 is 25.2 Å². The molecule has 0 unspecified atom stereocenters. The van der Waals surface area contributed by atoms with Crippen LogP contribution in [0.15, 0.2) is 35.5 Å². The topological polar surface area (TPSA) is 194 Å². The minimum atomic E-state index is -1.36. The molecule has 0 saturated carbocycles. The van der Waals surface area contributed by atoms with Crippen molar-refractivity contribution in [3.05, 3.63) is 45.6 Å². The molecule has 2 heterocycles. The summed E-state index contributed by atoms with van der Waals surface area (Å²) in [5, 5.41) is 24.8. The molecule has 3 N–H and O–H groups in total. The number of nitro benzene ring substituents is 1. The molecule has 3 amide bonds. The summed E-state index contributed by atoms with van der Waals surface area (Å²) in [6, 6.07) is 3.39. The number of rotatable bonds is 10. The van der Waals surface area contributed by atoms with Crippen LogP contribution in [0.5, 0.6) is 5.75 Å². The number of ether oxygens (including phenoxy) is 2. The second-order valence-electron chi connectivity index (χ2n) is 7.74. The van der Waals surface area contributed by atoms with Crippen molar-refractivity contribution < 1.29 is 43.5 Å². The van der Waals surface area contributed by atoms with Crippen LogP contribution in [-0.4, -0.2) is 81.0 Å². The van der Waals surface area contributed by atoms with Gasteiger partial charge in [0.05, 0.1) is 4.92 Å². The first-order valence-electron chi connectivity index (χ1n) is 10.5. The number of para-hydroxylation sites is 2. The van der Waals surface area contributed by atoms with E-state index < -0.39 is 58.6 Å². The van der Waals surface area contributed by atoms with Crippen molar-refractivity contribution in [2.75, 3.05) is 19.0 Å². The summed E-state index contributed by atoms with van der Waals surface area (Å²) in [6.07, 6.45) is 0. The van der Waals surface area contributed by atoms with Gasteiger partial charge in [0.15, 0.2) is 12.4 Å². The number of hydrogen-bond donors (Lipinski definition) is 3. The normalized spacial score (nSPS) is 19.4. The number of thioether (sulfide) groups is 1. The molecule has 0 aromatic heterocycles. The Morgan fingerprint density at radius 1 is 1.31 bits per heavy atom. The summed E-state index contributed by atoms with van der Waals surface area (Å²) >= 11 is 1.20. The fourth-order valence-corrected chi connectivity index (χ4v) is 4.81. The number of fused-ring (bicyclic) bond motifs is 1. The van der Waals surface area contributed by atoms with Gasteiger partial charge in [-0.1, -0.05) is 12.1 Å². The number of carbonyl (C=O) groups excluding carboxylic acids is 4. The molecule has 1 fully saturated rings. The maximum atomic E-state index is 12.7. The zero-order valence-corrected chi connectivity index (χ0v) is 19.9. The van der Waals surface area contributed by atoms with Crippen molar-refractivity contribution in [2.24, 2.45) is 0 Å². The second kappa shape index (κ2) is 11.1. The smallest absolute Gasteiger partial charge is 0.352 e. The highest BCUT2D eigenvalue weighted by atomic mass is 32.2. The number of carboxylic acid groups (broad SMARTS) is 1. The van der Waals surface area contributed by atoms with E-state index in [0.29, 0.717) is 0 Å². The Kier molecular flexibility index (Phi) is 8.14. The first kappa shape index (κ1) is 26.5. The number of nitro groups is 1. The first-order chi connectivity index (χ1) is 17.0. The lowest BCUT2D eigenvalue weighted by Gasteiger charge is -2.49. The van der Waals surface area contributed by atoms with E-state index >= 15 is 0 Å². The molecule has 1 aromatic rings. The molecule has 0 aliphatic carbocycles. The maximum Gasteiger partial charge on any atom is 0.352 e. The largest absolute Gasteiger partial charge is 0.477 e. The maximum absolute atomic E-state index is 12.7. The van der Waals surface area contributed by atoms with E-state index in [0.717, 1.165) is 4.90 Å². The van der Waals surface area contributed by atoms with Crippen LogP contribution in [0.4, 0.5) is 5.69 Å². The molecule has 14 nitrogen and oxygen atoms in total. The van der Waals surface area contributed by atoms with Gasteiger partial charge in [0.1, 0.15) is 29.8 Å². The third kappa shape index (κ3) is 5.73. The van der Waals surface area contributed by atoms with Crippen molar-refractivity contribution in [1.29, 1.82) is 0 Å². The van der Waals surface area contributed by atoms with Gasteiger partial charge in [-0.2, -0.15) is 0 Å². The highest BCUT2D eigenvalue weighted by Gasteiger charge is 2.54. The van der Waals surface area contributed by atoms with Crippen molar-refractivity contribution in [1.82, 2.24) is 15.5 Å². The minimum Gasteiger partial charge on any atom is -0.477 e. The molecule has 2 aliphatic heterocycles. The number of esters is 1. The van der Waals surface area contributed by atoms with Crippen molar-refractivity contribution >= 4 is 47.1 Å². The predicted octanol–water partition coefficient (Wildman–Crippen LogP) is -0.220. The number of hydrogen-bond acceptors (Lipinski definition) is 10. The Morgan fingerprint density at radius 3 is 2.64 bits per heavy atom. The van der Waals surface area contributed by atoms with Crippen LogP contribution in [0.3, 0.4) is 0 Å². The first-order valence-corrected chi connectivity index (χ1v) is 11.6. The van der Waals surface area contributed by atoms with Crippen molar-refractivity contribution in [3.63, 3.8) is 0 Å². The molecule has 15 heteroatoms. The molecule has 0 radical (unpaired) electrons. The van der Waals surface area contributed by atoms with Crippen LogP contribution in [0.25, 0.3) is 0 Å². The Morgan fingerprint density at radius 2 is 2.00 bits per heavy atom. The summed E-state index contributed by atoms with van der Waals surface area (Å²) in [5.41, 5.74) is -0.347. The Hall–Kier alpha value is -4.14. The SMILES string of the molecule is CC(=O)OCC1=C(C(=O)O)N2C(=O)[C@@H](NC(=O)[C@H](C)NC(=O)COc3ccccc3[N+](=O)[O-])[C@H]2SC1. The van der Waals surface area contributed by atoms with Gasteiger partial charge in [-0.3, -0.25) is 34.2 Å². The average Bonchev–Trinajstić information content (AvgIpc) is 2.83. The molecule has 0 spiro atoms. The molecule has 0 bridgehead atoms. The van der Waals surface area contributed by atoms with Gasteiger partial charge in [0.2, 0.25) is 5.91 Å². The number of amides is 3. The minimum absolute atomic E-state index is 0.111. The Bertz CT molecular complexity index is 1150. The van der Waals surface area contributed by atoms with Gasteiger partial charge in [0, 0.05) is 24.3 Å². The number of nitrogens with zero attached hydrogens (tertiary/aromatic N) is 2. The number of nitrogens with one attached hydrogen (secondary N) is 2. The summed E-state index contributed by atoms with van der Waals surface area (Å²) in [5.74, 6) is -3.97. The van der Waals surface area contributed by atoms with Crippen LogP contribution in [-0.2, 0) is 28.7 Å². The fourth-order valence-electron chi connectivity index (χ4n) is 3.48. The zero-order chi connectivity index (χ0) is 26.6. The van der Waals surface area contributed by atoms with Crippen LogP contribution in [0.2, 0.25) is 0 Å². The molecule has 3 rings (SSSR count). The third-order valence-electron chi connectivity index (χ3n) is 5.19. The zero-order valence-electron chi connectivity index (χ0n) is 19.1. The van der Waals surface area contributed by atoms with Gasteiger partial charge in [-0.25, -0.2) is 4.79 Å². The number of benzene rings is 1. The monoisotopic (exact) mass is 522 g/mol. The van der Waals surface area contributed by atoms with E-state index in [-0.39, 0.29) is 35.1 Å². The van der Waals surface area contributed by atoms with E-state index in [4.69, 9.17) is 9.47 Å². The molecule has 3 atom stereocenters. The predicted molar refractivity (Wildman–Crippen MR) is 123 cm³/mol. The number of β-lactam (4-membered cyclic amide) rings is 1. The number of carbonyl (C=O) groups is 5. The summed E-state index contributed by atoms with van der Waals surface area (Å²) in [4.78, 5) is 71.6. The summed E-state index contributed by atoms with van der Waals surface area (Å²) in [6.45, 7) is 1.69. The van der Waals surface area contributed by atoms with E-state index in [1.54, 1.807) is 0 Å². The standard InChI is InChI=1S/C21H22N4O10S/c1-10(22-15(27)8-35-14-6-4-3-5-13(14)25(32)33)18(28)23-16-19(29)24-17(21(30)31)12(7-34-11(2)26)9-36-20(16)24/h3-6,10,16,20H,7-9H2,1-2H3,(H,22,27)(H,23,28)(H,30,31)/t10-,16+,20+/m0/s1. The Labute approximate surface area is 208 Å². The molecular weight excluding hydrogens is 500 g/mol. The van der Waals surface area contributed by atoms with Crippen LogP contribution >= 0.6 is 11.8 Å². The quantitative estimate of drug-likeness (QED) is 0.159. The second-order valence-corrected chi connectivity index (χ2v) is 8.84. The molecule has 36 heavy (non-hydrogen) atoms. The molecule has 2 aliphatic rings. The number of carboxylic acids is 1. The van der Waals surface area contributed by atoms with Crippen LogP contribution in [0, 0.1) is 10.1 Å². The molecule has 1 saturated heterocycles. The van der Waals surface area contributed by atoms with Gasteiger partial charge in [0.25, 0.3) is 11.8 Å². The van der Waals surface area contributed by atoms with Gasteiger partial charge in [-0.05, 0) is 13.0 Å². The molecule has 1 aromatic carbocycles. The van der Waals surface area contributed by atoms with Crippen molar-refractivity contribution in [3.8, 4) is 5.75 Å². The highest BCUT2D eigenvalue weighted by Crippen LogP contribution is 2.40. The number of aliphatic carboxylic acids is 1. The summed E-state index contributed by atoms with van der Waals surface area (Å²) in [7, 11) is 0. The average molecular weight is 522 g/mol. The van der Waals surface area contributed by atoms with Gasteiger partial charge >= 0.3 is 17.6 Å². The van der Waals surface area contributed by atoms with Crippen LogP contribution in [0.1, 0.15) is 13.8 Å². The lowest BCUT2D eigenvalue weighted by Crippen LogP contribution is -2.71. The van der Waals surface area contributed by atoms with Crippen LogP contribution < -0.4 is 15.4 Å². The lowest BCUT2D eigenvalue weighted by atomic mass is 10.0. The fraction of sp³-hybridized carbons (Fsp3) is 0.381.